The molecule has 2 aromatic carbocycles. The van der Waals surface area contributed by atoms with Gasteiger partial charge in [-0.3, -0.25) is 82.2 Å². The van der Waals surface area contributed by atoms with Crippen LogP contribution >= 0.6 is 0 Å². The molecule has 3 aromatic heterocycles. The van der Waals surface area contributed by atoms with Gasteiger partial charge in [-0.1, -0.05) is 41.6 Å². The number of Topliss-reactive ketones (excluding diaryl/α,β-unsaturated/α-hetero) is 2. The number of aliphatic hydroxyl groups excluding tert-OH is 1. The monoisotopic (exact) mass is 2020 g/mol. The second kappa shape index (κ2) is 69.6. The zero-order chi connectivity index (χ0) is 104. The largest absolute Gasteiger partial charge is 0.508 e. The van der Waals surface area contributed by atoms with Gasteiger partial charge in [-0.05, 0) is 128 Å². The Bertz CT molecular complexity index is 4790. The second-order valence-corrected chi connectivity index (χ2v) is 33.6. The van der Waals surface area contributed by atoms with Gasteiger partial charge < -0.3 is 143 Å². The number of carboxylic acids is 2. The number of nitrogens with two attached hydrogens (primary N) is 3. The highest BCUT2D eigenvalue weighted by Crippen LogP contribution is 2.22. The number of aliphatic carboxylic acids is 2. The van der Waals surface area contributed by atoms with Crippen LogP contribution in [0.25, 0.3) is 11.2 Å². The molecule has 6 rings (SSSR count). The van der Waals surface area contributed by atoms with Crippen LogP contribution < -0.4 is 75.9 Å². The molecule has 10 atom stereocenters. The number of phenolic OH excluding ortho intramolecular Hbond substituents is 1. The van der Waals surface area contributed by atoms with Gasteiger partial charge in [0.25, 0.3) is 5.56 Å². The molecule has 794 valence electrons. The lowest BCUT2D eigenvalue weighted by Crippen LogP contribution is -2.60. The Morgan fingerprint density at radius 2 is 1.18 bits per heavy atom. The van der Waals surface area contributed by atoms with Crippen LogP contribution in [0.3, 0.4) is 0 Å². The van der Waals surface area contributed by atoms with Crippen molar-refractivity contribution in [3.05, 3.63) is 99.4 Å². The molecule has 5 aromatic rings. The van der Waals surface area contributed by atoms with Crippen LogP contribution in [0.4, 0.5) is 5.95 Å². The summed E-state index contributed by atoms with van der Waals surface area (Å²) in [6.45, 7) is 12.4. The summed E-state index contributed by atoms with van der Waals surface area (Å²) in [7, 11) is 0. The highest BCUT2D eigenvalue weighted by atomic mass is 16.6. The first-order chi connectivity index (χ1) is 68.9. The van der Waals surface area contributed by atoms with Gasteiger partial charge in [0.2, 0.25) is 59.1 Å². The Balaban J connectivity index is 1.03. The SMILES string of the molecule is CCOCCOCCOCCOCCOCCOCCOCCOCCC(=O)N[C@@H](CCCCNCCOCCOCCOCCNC(=O)CC[C@H](CC(=O)c1ccc(CCc2cnc3nc(N)[nH]c(=O)c3n2)cc1)C(=O)O)C(=O)N[C@H]1Cc2cn(nn2)CCCC[C@@H](C(N)=O)NC(=O)[C@@H]([C@H](C)O)NC(=O)[C@@H](Cc2ccc(O)cc2)NC(=O)[C@@H](CCCNC(=N)N)CC(=O)[C@@H](CCC(=O)O)NC(=O)[C@@H](C)NC1=O. The van der Waals surface area contributed by atoms with E-state index in [1.54, 1.807) is 24.3 Å². The smallest absolute Gasteiger partial charge is 0.306 e. The van der Waals surface area contributed by atoms with Gasteiger partial charge in [0.05, 0.1) is 174 Å². The summed E-state index contributed by atoms with van der Waals surface area (Å²) >= 11 is 0. The number of guanidine groups is 1. The van der Waals surface area contributed by atoms with E-state index in [0.29, 0.717) is 135 Å². The molecule has 2 bridgehead atoms. The summed E-state index contributed by atoms with van der Waals surface area (Å²) in [5, 5.41) is 83.8. The number of aromatic hydroxyl groups is 1. The topological polar surface area (TPSA) is 729 Å². The molecule has 50 heteroatoms. The number of aryl methyl sites for hydroxylation is 3. The van der Waals surface area contributed by atoms with Crippen LogP contribution in [0.15, 0.2) is 65.7 Å². The highest BCUT2D eigenvalue weighted by Gasteiger charge is 2.37. The highest BCUT2D eigenvalue weighted by molar-refractivity contribution is 6.00. The molecule has 0 saturated heterocycles. The van der Waals surface area contributed by atoms with Gasteiger partial charge in [0.15, 0.2) is 28.7 Å². The fourth-order valence-electron chi connectivity index (χ4n) is 14.3. The molecular formula is C93H143N21O29. The van der Waals surface area contributed by atoms with E-state index in [4.69, 9.17) is 74.7 Å². The third-order valence-electron chi connectivity index (χ3n) is 22.2. The zero-order valence-electron chi connectivity index (χ0n) is 81.5. The molecule has 0 radical (unpaired) electrons. The minimum atomic E-state index is -1.76. The number of ketones is 2. The number of amides is 9. The third kappa shape index (κ3) is 50.4. The summed E-state index contributed by atoms with van der Waals surface area (Å²) in [6, 6.07) is 1.51. The Labute approximate surface area is 827 Å². The van der Waals surface area contributed by atoms with Crippen LogP contribution in [-0.2, 0) is 142 Å². The molecule has 0 fully saturated rings. The Morgan fingerprint density at radius 1 is 0.587 bits per heavy atom. The van der Waals surface area contributed by atoms with Gasteiger partial charge in [-0.25, -0.2) is 9.97 Å². The Kier molecular flexibility index (Phi) is 58.1. The van der Waals surface area contributed by atoms with Gasteiger partial charge in [0, 0.05) is 95.4 Å². The van der Waals surface area contributed by atoms with E-state index in [0.717, 1.165) is 5.56 Å². The van der Waals surface area contributed by atoms with Crippen molar-refractivity contribution in [2.45, 2.75) is 198 Å². The number of aliphatic hydroxyl groups is 1. The number of anilines is 1. The zero-order valence-corrected chi connectivity index (χ0v) is 81.5. The average molecular weight is 2020 g/mol. The normalized spacial score (nSPS) is 17.7. The molecule has 22 N–H and O–H groups in total. The van der Waals surface area contributed by atoms with Crippen molar-refractivity contribution in [1.29, 1.82) is 5.41 Å². The number of unbranched alkanes of at least 4 members (excludes halogenated alkanes) is 1. The molecule has 143 heavy (non-hydrogen) atoms. The number of fused-ring (bicyclic) bond motifs is 3. The van der Waals surface area contributed by atoms with Crippen LogP contribution in [0, 0.1) is 17.2 Å². The molecule has 1 aliphatic rings. The number of hydrogen-bond acceptors (Lipinski definition) is 35. The summed E-state index contributed by atoms with van der Waals surface area (Å²) in [5.41, 5.74) is 18.8. The van der Waals surface area contributed by atoms with Crippen molar-refractivity contribution in [1.82, 2.24) is 88.1 Å². The number of nitrogen functional groups attached to an aromatic ring is 1. The van der Waals surface area contributed by atoms with Gasteiger partial charge in [-0.15, -0.1) is 5.10 Å². The summed E-state index contributed by atoms with van der Waals surface area (Å²) in [5.74, 6) is -14.7. The van der Waals surface area contributed by atoms with E-state index in [1.165, 1.54) is 55.2 Å². The number of aromatic amines is 1. The van der Waals surface area contributed by atoms with Crippen molar-refractivity contribution < 1.29 is 135 Å². The van der Waals surface area contributed by atoms with Crippen molar-refractivity contribution in [3.63, 3.8) is 0 Å². The van der Waals surface area contributed by atoms with Crippen LogP contribution in [0.5, 0.6) is 5.75 Å². The maximum Gasteiger partial charge on any atom is 0.306 e. The molecule has 9 amide bonds. The van der Waals surface area contributed by atoms with Crippen molar-refractivity contribution in [2.24, 2.45) is 23.3 Å². The molecule has 4 heterocycles. The summed E-state index contributed by atoms with van der Waals surface area (Å²) in [4.78, 5) is 206. The van der Waals surface area contributed by atoms with E-state index in [9.17, 15) is 87.5 Å². The number of nitrogens with one attached hydrogen (secondary N) is 12. The van der Waals surface area contributed by atoms with Gasteiger partial charge >= 0.3 is 11.9 Å². The number of H-pyrrole nitrogens is 1. The fraction of sp³-hybridized carbons (Fsp3) is 0.634. The van der Waals surface area contributed by atoms with E-state index in [1.807, 2.05) is 6.92 Å². The molecule has 0 saturated carbocycles. The number of primary amides is 1. The maximum absolute atomic E-state index is 14.8. The first-order valence-electron chi connectivity index (χ1n) is 48.1. The van der Waals surface area contributed by atoms with E-state index in [-0.39, 0.29) is 191 Å². The predicted molar refractivity (Wildman–Crippen MR) is 513 cm³/mol. The van der Waals surface area contributed by atoms with Crippen molar-refractivity contribution in [2.75, 3.05) is 177 Å². The number of ether oxygens (including phenoxy) is 11. The number of aromatic nitrogens is 7. The van der Waals surface area contributed by atoms with Crippen LogP contribution in [0.1, 0.15) is 150 Å². The van der Waals surface area contributed by atoms with Gasteiger partial charge in [-0.2, -0.15) is 4.98 Å². The first kappa shape index (κ1) is 119. The maximum atomic E-state index is 14.8. The van der Waals surface area contributed by atoms with Crippen molar-refractivity contribution in [3.8, 4) is 5.75 Å². The average Bonchev–Trinajstić information content (AvgIpc) is 1.48. The number of nitrogens with zero attached hydrogens (tertiary/aromatic N) is 6. The molecule has 0 unspecified atom stereocenters. The number of hydrogen-bond donors (Lipinski definition) is 19. The number of carbonyl (C=O) groups excluding carboxylic acids is 11. The van der Waals surface area contributed by atoms with Gasteiger partial charge in [0.1, 0.15) is 42.0 Å². The number of rotatable bonds is 66. The lowest BCUT2D eigenvalue weighted by atomic mass is 9.91. The quantitative estimate of drug-likeness (QED) is 0.00832. The minimum absolute atomic E-state index is 0.0104. The van der Waals surface area contributed by atoms with Crippen LogP contribution in [0.2, 0.25) is 0 Å². The molecule has 0 aliphatic carbocycles. The standard InChI is InChI=1S/C93H143N21O29/c1-4-133-36-37-137-44-45-140-48-49-142-52-53-143-51-50-141-47-46-138-41-38-134-33-27-78(120)104-72(12-5-7-28-98-30-34-135-39-42-139-43-40-136-35-31-99-77(119)25-20-66(91(131)132)56-75(117)64-18-13-62(14-19-64)15-21-67-58-101-83-81(103-67)90(130)111-93(97)110-83)86(126)108-74-57-68-59-114(113-112-68)32-8-6-11-71(82(94)123)106-89(129)80(61(3)115)109-88(128)73(54-63-16-22-69(116)23-17-63)107-85(125)65(10-9-29-100-92(95)96)55-76(118)70(24-26-79(121)122)105-84(124)60(2)102-87(74)127/h13-14,16-19,22-23,58-61,65-66,70-74,80,98,115-116H,4-12,15,20-21,24-57H2,1-3H3,(H2,94,123)(H,99,119)(H,102,127)(H,104,120)(H,105,124)(H,106,129)(H,107,125)(H,108,126)(H,109,128)(H,121,122)(H,131,132)(H4,95,96,100)(H3,97,101,110,111,130)/t60-,61+,65+,66-,70-,71+,72+,73-,74+,80-/m1/s1. The molecule has 1 aliphatic heterocycles. The Hall–Kier alpha value is -12.3. The first-order valence-corrected chi connectivity index (χ1v) is 48.1. The predicted octanol–water partition coefficient (Wildman–Crippen LogP) is -2.45. The Morgan fingerprint density at radius 3 is 1.78 bits per heavy atom. The fourth-order valence-corrected chi connectivity index (χ4v) is 14.3. The lowest BCUT2D eigenvalue weighted by Gasteiger charge is -2.28. The molecular weight excluding hydrogens is 1880 g/mol. The number of carboxylic acid groups (broad SMARTS) is 2. The lowest BCUT2D eigenvalue weighted by molar-refractivity contribution is -0.142. The van der Waals surface area contributed by atoms with E-state index >= 15 is 0 Å². The van der Waals surface area contributed by atoms with Crippen LogP contribution in [-0.4, -0.2) is 358 Å². The summed E-state index contributed by atoms with van der Waals surface area (Å²) in [6.07, 6.45) is 0.169. The minimum Gasteiger partial charge on any atom is -0.508 e. The molecule has 0 spiro atoms. The van der Waals surface area contributed by atoms with E-state index < -0.39 is 168 Å². The number of carbonyl (C=O) groups is 13. The third-order valence-corrected chi connectivity index (χ3v) is 22.2. The summed E-state index contributed by atoms with van der Waals surface area (Å²) < 4.78 is 62.5. The number of benzene rings is 2. The second-order valence-electron chi connectivity index (χ2n) is 33.6. The van der Waals surface area contributed by atoms with E-state index in [2.05, 4.69) is 83.4 Å². The number of phenols is 1. The van der Waals surface area contributed by atoms with Crippen molar-refractivity contribution >= 4 is 99.7 Å². The molecule has 50 nitrogen and oxygen atoms in total.